The molecule has 0 atom stereocenters. The number of hydrogen-bond acceptors (Lipinski definition) is 3. The molecule has 0 aromatic heterocycles. The third-order valence-corrected chi connectivity index (χ3v) is 4.76. The molecule has 0 bridgehead atoms. The van der Waals surface area contributed by atoms with Gasteiger partial charge in [0, 0.05) is 29.2 Å². The molecule has 0 unspecified atom stereocenters. The average Bonchev–Trinajstić information content (AvgIpc) is 3.12. The van der Waals surface area contributed by atoms with Gasteiger partial charge in [-0.3, -0.25) is 9.59 Å². The van der Waals surface area contributed by atoms with E-state index in [0.29, 0.717) is 23.5 Å². The molecule has 1 aliphatic rings. The molecule has 3 aromatic carbocycles. The van der Waals surface area contributed by atoms with E-state index in [4.69, 9.17) is 0 Å². The molecule has 0 spiro atoms. The molecule has 5 nitrogen and oxygen atoms in total. The van der Waals surface area contributed by atoms with Crippen LogP contribution in [-0.2, 0) is 11.2 Å². The normalized spacial score (nSPS) is 12.4. The summed E-state index contributed by atoms with van der Waals surface area (Å²) in [5.74, 6) is -0.263. The summed E-state index contributed by atoms with van der Waals surface area (Å²) in [5, 5.41) is 5.78. The van der Waals surface area contributed by atoms with Crippen LogP contribution >= 0.6 is 0 Å². The van der Waals surface area contributed by atoms with Gasteiger partial charge in [0.1, 0.15) is 0 Å². The predicted molar refractivity (Wildman–Crippen MR) is 112 cm³/mol. The number of para-hydroxylation sites is 1. The standard InChI is InChI=1S/C23H21N3O2/c27-22(16-26-14-13-17-7-4-5-12-21(17)26)24-19-10-6-11-20(15-19)25-23(28)18-8-2-1-3-9-18/h1-12,15H,13-14,16H2,(H,24,27)(H,25,28). The molecule has 2 N–H and O–H groups in total. The van der Waals surface area contributed by atoms with Crippen molar-refractivity contribution in [1.82, 2.24) is 0 Å². The molecular formula is C23H21N3O2. The number of fused-ring (bicyclic) bond motifs is 1. The van der Waals surface area contributed by atoms with Gasteiger partial charge in [-0.1, -0.05) is 42.5 Å². The number of carbonyl (C=O) groups is 2. The minimum absolute atomic E-state index is 0.0803. The Morgan fingerprint density at radius 1 is 0.821 bits per heavy atom. The van der Waals surface area contributed by atoms with Crippen molar-refractivity contribution in [3.8, 4) is 0 Å². The molecule has 2 amide bonds. The number of amides is 2. The largest absolute Gasteiger partial charge is 0.362 e. The smallest absolute Gasteiger partial charge is 0.255 e. The van der Waals surface area contributed by atoms with Crippen molar-refractivity contribution in [2.45, 2.75) is 6.42 Å². The fourth-order valence-electron chi connectivity index (χ4n) is 3.41. The maximum atomic E-state index is 12.5. The van der Waals surface area contributed by atoms with Crippen LogP contribution in [0.2, 0.25) is 0 Å². The molecular weight excluding hydrogens is 350 g/mol. The van der Waals surface area contributed by atoms with Crippen molar-refractivity contribution < 1.29 is 9.59 Å². The number of nitrogens with one attached hydrogen (secondary N) is 2. The van der Waals surface area contributed by atoms with Crippen LogP contribution in [0.4, 0.5) is 17.1 Å². The summed E-state index contributed by atoms with van der Waals surface area (Å²) in [6, 6.07) is 24.4. The van der Waals surface area contributed by atoms with Crippen LogP contribution in [-0.4, -0.2) is 24.9 Å². The Morgan fingerprint density at radius 2 is 1.54 bits per heavy atom. The summed E-state index contributed by atoms with van der Waals surface area (Å²) in [5.41, 5.74) is 4.29. The number of hydrogen-bond donors (Lipinski definition) is 2. The van der Waals surface area contributed by atoms with Crippen molar-refractivity contribution in [3.05, 3.63) is 90.0 Å². The summed E-state index contributed by atoms with van der Waals surface area (Å²) >= 11 is 0. The van der Waals surface area contributed by atoms with Crippen LogP contribution in [0.3, 0.4) is 0 Å². The Bertz CT molecular complexity index is 1000. The van der Waals surface area contributed by atoms with E-state index < -0.39 is 0 Å². The van der Waals surface area contributed by atoms with Gasteiger partial charge in [-0.15, -0.1) is 0 Å². The van der Waals surface area contributed by atoms with Gasteiger partial charge in [0.25, 0.3) is 5.91 Å². The number of anilines is 3. The van der Waals surface area contributed by atoms with Crippen LogP contribution in [0.1, 0.15) is 15.9 Å². The second-order valence-corrected chi connectivity index (χ2v) is 6.75. The van der Waals surface area contributed by atoms with Gasteiger partial charge in [0.15, 0.2) is 0 Å². The van der Waals surface area contributed by atoms with E-state index in [1.807, 2.05) is 36.4 Å². The summed E-state index contributed by atoms with van der Waals surface area (Å²) in [6.45, 7) is 1.15. The number of rotatable bonds is 5. The van der Waals surface area contributed by atoms with Crippen LogP contribution in [0.15, 0.2) is 78.9 Å². The van der Waals surface area contributed by atoms with Crippen LogP contribution in [0, 0.1) is 0 Å². The van der Waals surface area contributed by atoms with Crippen LogP contribution in [0.25, 0.3) is 0 Å². The zero-order valence-electron chi connectivity index (χ0n) is 15.4. The highest BCUT2D eigenvalue weighted by atomic mass is 16.2. The molecule has 0 saturated carbocycles. The minimum Gasteiger partial charge on any atom is -0.362 e. The van der Waals surface area contributed by atoms with Gasteiger partial charge in [0.2, 0.25) is 5.91 Å². The fraction of sp³-hybridized carbons (Fsp3) is 0.130. The quantitative estimate of drug-likeness (QED) is 0.714. The molecule has 0 aliphatic carbocycles. The fourth-order valence-corrected chi connectivity index (χ4v) is 3.41. The molecule has 1 aliphatic heterocycles. The van der Waals surface area contributed by atoms with E-state index in [0.717, 1.165) is 18.7 Å². The summed E-state index contributed by atoms with van der Waals surface area (Å²) < 4.78 is 0. The van der Waals surface area contributed by atoms with E-state index in [-0.39, 0.29) is 11.8 Å². The van der Waals surface area contributed by atoms with E-state index in [9.17, 15) is 9.59 Å². The molecule has 0 saturated heterocycles. The molecule has 3 aromatic rings. The van der Waals surface area contributed by atoms with Crippen molar-refractivity contribution in [2.75, 3.05) is 28.6 Å². The Morgan fingerprint density at radius 3 is 2.36 bits per heavy atom. The van der Waals surface area contributed by atoms with Crippen molar-refractivity contribution in [3.63, 3.8) is 0 Å². The molecule has 1 heterocycles. The lowest BCUT2D eigenvalue weighted by Gasteiger charge is -2.19. The predicted octanol–water partition coefficient (Wildman–Crippen LogP) is 3.94. The van der Waals surface area contributed by atoms with Crippen molar-refractivity contribution in [2.24, 2.45) is 0 Å². The maximum absolute atomic E-state index is 12.5. The Kier molecular flexibility index (Phi) is 5.06. The number of carbonyl (C=O) groups excluding carboxylic acids is 2. The lowest BCUT2D eigenvalue weighted by Crippen LogP contribution is -2.31. The maximum Gasteiger partial charge on any atom is 0.255 e. The number of benzene rings is 3. The molecule has 0 radical (unpaired) electrons. The molecule has 140 valence electrons. The zero-order valence-corrected chi connectivity index (χ0v) is 15.4. The van der Waals surface area contributed by atoms with E-state index in [2.05, 4.69) is 27.7 Å². The first-order chi connectivity index (χ1) is 13.7. The Hall–Kier alpha value is -3.60. The summed E-state index contributed by atoms with van der Waals surface area (Å²) in [4.78, 5) is 26.9. The third kappa shape index (κ3) is 4.04. The summed E-state index contributed by atoms with van der Waals surface area (Å²) in [7, 11) is 0. The number of nitrogens with zero attached hydrogens (tertiary/aromatic N) is 1. The third-order valence-electron chi connectivity index (χ3n) is 4.76. The van der Waals surface area contributed by atoms with Crippen molar-refractivity contribution in [1.29, 1.82) is 0 Å². The first-order valence-corrected chi connectivity index (χ1v) is 9.28. The van der Waals surface area contributed by atoms with Gasteiger partial charge in [-0.25, -0.2) is 0 Å². The highest BCUT2D eigenvalue weighted by Crippen LogP contribution is 2.27. The first kappa shape index (κ1) is 17.8. The molecule has 5 heteroatoms. The van der Waals surface area contributed by atoms with Gasteiger partial charge in [0.05, 0.1) is 6.54 Å². The van der Waals surface area contributed by atoms with E-state index in [1.54, 1.807) is 30.3 Å². The Labute approximate surface area is 164 Å². The monoisotopic (exact) mass is 371 g/mol. The highest BCUT2D eigenvalue weighted by Gasteiger charge is 2.20. The first-order valence-electron chi connectivity index (χ1n) is 9.28. The van der Waals surface area contributed by atoms with E-state index >= 15 is 0 Å². The second kappa shape index (κ2) is 7.96. The average molecular weight is 371 g/mol. The highest BCUT2D eigenvalue weighted by molar-refractivity contribution is 6.04. The molecule has 28 heavy (non-hydrogen) atoms. The van der Waals surface area contributed by atoms with Crippen LogP contribution in [0.5, 0.6) is 0 Å². The topological polar surface area (TPSA) is 61.4 Å². The SMILES string of the molecule is O=C(CN1CCc2ccccc21)Nc1cccc(NC(=O)c2ccccc2)c1. The Balaban J connectivity index is 1.38. The lowest BCUT2D eigenvalue weighted by atomic mass is 10.2. The van der Waals surface area contributed by atoms with Crippen molar-refractivity contribution >= 4 is 28.9 Å². The summed E-state index contributed by atoms with van der Waals surface area (Å²) in [6.07, 6.45) is 0.963. The minimum atomic E-state index is -0.183. The second-order valence-electron chi connectivity index (χ2n) is 6.75. The molecule has 0 fully saturated rings. The van der Waals surface area contributed by atoms with E-state index in [1.165, 1.54) is 5.56 Å². The van der Waals surface area contributed by atoms with Gasteiger partial charge < -0.3 is 15.5 Å². The zero-order chi connectivity index (χ0) is 19.3. The van der Waals surface area contributed by atoms with Crippen LogP contribution < -0.4 is 15.5 Å². The van der Waals surface area contributed by atoms with Gasteiger partial charge in [-0.2, -0.15) is 0 Å². The van der Waals surface area contributed by atoms with Gasteiger partial charge in [-0.05, 0) is 48.4 Å². The van der Waals surface area contributed by atoms with Gasteiger partial charge >= 0.3 is 0 Å². The molecule has 4 rings (SSSR count). The lowest BCUT2D eigenvalue weighted by molar-refractivity contribution is -0.115.